The summed E-state index contributed by atoms with van der Waals surface area (Å²) < 4.78 is 52.5. The molecule has 29 heavy (non-hydrogen) atoms. The number of amides is 1. The zero-order valence-electron chi connectivity index (χ0n) is 15.1. The Kier molecular flexibility index (Phi) is 7.52. The van der Waals surface area contributed by atoms with Crippen molar-refractivity contribution in [1.82, 2.24) is 9.21 Å². The number of alkyl halides is 2. The maximum absolute atomic E-state index is 12.6. The second-order valence-corrected chi connectivity index (χ2v) is 11.1. The van der Waals surface area contributed by atoms with Crippen molar-refractivity contribution >= 4 is 56.3 Å². The number of thiophene rings is 1. The molecule has 2 aromatic rings. The highest BCUT2D eigenvalue weighted by atomic mass is 35.5. The fourth-order valence-electron chi connectivity index (χ4n) is 2.85. The summed E-state index contributed by atoms with van der Waals surface area (Å²) in [7, 11) is -3.59. The smallest absolute Gasteiger partial charge is 0.288 e. The number of para-hydroxylation sites is 1. The SMILES string of the molecule is O=C(CN1CCN(S(=O)(=O)c2ccc(Cl)s2)CC1)Nc1ccccc1SC(F)F. The van der Waals surface area contributed by atoms with Gasteiger partial charge in [0.05, 0.1) is 16.6 Å². The predicted molar refractivity (Wildman–Crippen MR) is 111 cm³/mol. The predicted octanol–water partition coefficient (Wildman–Crippen LogP) is 3.66. The Morgan fingerprint density at radius 2 is 1.86 bits per heavy atom. The van der Waals surface area contributed by atoms with Crippen molar-refractivity contribution in [3.05, 3.63) is 40.7 Å². The second kappa shape index (κ2) is 9.71. The average molecular weight is 482 g/mol. The van der Waals surface area contributed by atoms with Crippen LogP contribution < -0.4 is 5.32 Å². The van der Waals surface area contributed by atoms with Crippen LogP contribution in [0.1, 0.15) is 0 Å². The van der Waals surface area contributed by atoms with E-state index < -0.39 is 15.8 Å². The minimum atomic E-state index is -3.59. The van der Waals surface area contributed by atoms with Gasteiger partial charge in [0.25, 0.3) is 15.8 Å². The van der Waals surface area contributed by atoms with Crippen molar-refractivity contribution in [3.63, 3.8) is 0 Å². The van der Waals surface area contributed by atoms with E-state index in [0.29, 0.717) is 39.8 Å². The topological polar surface area (TPSA) is 69.7 Å². The second-order valence-electron chi connectivity index (χ2n) is 6.16. The van der Waals surface area contributed by atoms with Crippen LogP contribution in [-0.2, 0) is 14.8 Å². The van der Waals surface area contributed by atoms with E-state index in [9.17, 15) is 22.0 Å². The van der Waals surface area contributed by atoms with E-state index in [-0.39, 0.29) is 29.8 Å². The van der Waals surface area contributed by atoms with Gasteiger partial charge in [0.1, 0.15) is 4.21 Å². The number of sulfonamides is 1. The van der Waals surface area contributed by atoms with Gasteiger partial charge in [0, 0.05) is 31.1 Å². The largest absolute Gasteiger partial charge is 0.324 e. The molecule has 0 unspecified atom stereocenters. The van der Waals surface area contributed by atoms with Crippen LogP contribution in [0.2, 0.25) is 4.34 Å². The maximum atomic E-state index is 12.6. The first kappa shape index (κ1) is 22.4. The summed E-state index contributed by atoms with van der Waals surface area (Å²) in [6, 6.07) is 9.40. The first-order valence-electron chi connectivity index (χ1n) is 8.57. The number of carbonyl (C=O) groups is 1. The summed E-state index contributed by atoms with van der Waals surface area (Å²) in [5.74, 6) is -2.92. The molecule has 12 heteroatoms. The van der Waals surface area contributed by atoms with Gasteiger partial charge < -0.3 is 5.32 Å². The zero-order chi connectivity index (χ0) is 21.0. The third-order valence-corrected chi connectivity index (χ3v) is 8.60. The van der Waals surface area contributed by atoms with Crippen molar-refractivity contribution in [3.8, 4) is 0 Å². The lowest BCUT2D eigenvalue weighted by molar-refractivity contribution is -0.117. The fourth-order valence-corrected chi connectivity index (χ4v) is 6.51. The van der Waals surface area contributed by atoms with E-state index in [4.69, 9.17) is 11.6 Å². The number of thioether (sulfide) groups is 1. The molecule has 1 fully saturated rings. The molecule has 1 amide bonds. The Morgan fingerprint density at radius 1 is 1.17 bits per heavy atom. The van der Waals surface area contributed by atoms with Crippen LogP contribution in [0.4, 0.5) is 14.5 Å². The molecule has 0 bridgehead atoms. The van der Waals surface area contributed by atoms with Crippen LogP contribution in [0.3, 0.4) is 0 Å². The van der Waals surface area contributed by atoms with E-state index in [1.807, 2.05) is 4.90 Å². The quantitative estimate of drug-likeness (QED) is 0.611. The first-order chi connectivity index (χ1) is 13.8. The standard InChI is InChI=1S/C17H18ClF2N3O3S3/c18-14-5-6-16(28-14)29(25,26)23-9-7-22(8-10-23)11-15(24)21-12-3-1-2-4-13(12)27-17(19)20/h1-6,17H,7-11H2,(H,21,24). The molecule has 6 nitrogen and oxygen atoms in total. The lowest BCUT2D eigenvalue weighted by Gasteiger charge is -2.33. The molecule has 1 aromatic carbocycles. The van der Waals surface area contributed by atoms with Gasteiger partial charge in [-0.15, -0.1) is 11.3 Å². The molecule has 1 saturated heterocycles. The molecule has 158 valence electrons. The molecule has 3 rings (SSSR count). The number of anilines is 1. The summed E-state index contributed by atoms with van der Waals surface area (Å²) in [4.78, 5) is 14.4. The van der Waals surface area contributed by atoms with Gasteiger partial charge in [0.2, 0.25) is 5.91 Å². The molecule has 1 aliphatic rings. The molecule has 2 heterocycles. The van der Waals surface area contributed by atoms with Gasteiger partial charge in [-0.1, -0.05) is 35.5 Å². The van der Waals surface area contributed by atoms with Crippen LogP contribution in [0.25, 0.3) is 0 Å². The van der Waals surface area contributed by atoms with Crippen molar-refractivity contribution in [1.29, 1.82) is 0 Å². The Labute approximate surface area is 180 Å². The third kappa shape index (κ3) is 5.89. The number of hydrogen-bond acceptors (Lipinski definition) is 6. The highest BCUT2D eigenvalue weighted by Gasteiger charge is 2.30. The van der Waals surface area contributed by atoms with Crippen LogP contribution in [0.5, 0.6) is 0 Å². The Morgan fingerprint density at radius 3 is 2.48 bits per heavy atom. The lowest BCUT2D eigenvalue weighted by Crippen LogP contribution is -2.50. The molecule has 1 N–H and O–H groups in total. The molecule has 0 aliphatic carbocycles. The van der Waals surface area contributed by atoms with Crippen LogP contribution in [0.15, 0.2) is 45.5 Å². The van der Waals surface area contributed by atoms with Gasteiger partial charge in [-0.2, -0.15) is 13.1 Å². The van der Waals surface area contributed by atoms with Gasteiger partial charge >= 0.3 is 0 Å². The van der Waals surface area contributed by atoms with E-state index in [2.05, 4.69) is 5.32 Å². The van der Waals surface area contributed by atoms with E-state index >= 15 is 0 Å². The third-order valence-electron chi connectivity index (χ3n) is 4.22. The van der Waals surface area contributed by atoms with Gasteiger partial charge in [-0.3, -0.25) is 9.69 Å². The normalized spacial score (nSPS) is 16.3. The zero-order valence-corrected chi connectivity index (χ0v) is 18.3. The van der Waals surface area contributed by atoms with Gasteiger partial charge in [0.15, 0.2) is 0 Å². The average Bonchev–Trinajstić information content (AvgIpc) is 3.11. The first-order valence-corrected chi connectivity index (χ1v) is 12.1. The summed E-state index contributed by atoms with van der Waals surface area (Å²) in [5.41, 5.74) is 0.332. The maximum Gasteiger partial charge on any atom is 0.288 e. The summed E-state index contributed by atoms with van der Waals surface area (Å²) in [6.07, 6.45) is 0. The molecule has 1 aromatic heterocycles. The number of carbonyl (C=O) groups excluding carboxylic acids is 1. The molecule has 0 atom stereocenters. The van der Waals surface area contributed by atoms with Crippen molar-refractivity contribution in [2.24, 2.45) is 0 Å². The van der Waals surface area contributed by atoms with Gasteiger partial charge in [-0.25, -0.2) is 8.42 Å². The Hall–Kier alpha value is -1.24. The summed E-state index contributed by atoms with van der Waals surface area (Å²) >= 11 is 7.21. The molecule has 0 saturated carbocycles. The van der Waals surface area contributed by atoms with Crippen molar-refractivity contribution in [2.75, 3.05) is 38.0 Å². The molecule has 1 aliphatic heterocycles. The number of rotatable bonds is 7. The van der Waals surface area contributed by atoms with Crippen molar-refractivity contribution in [2.45, 2.75) is 14.9 Å². The van der Waals surface area contributed by atoms with E-state index in [1.54, 1.807) is 24.3 Å². The molecule has 0 radical (unpaired) electrons. The highest BCUT2D eigenvalue weighted by molar-refractivity contribution is 7.99. The number of halogens is 3. The monoisotopic (exact) mass is 481 g/mol. The molecule has 0 spiro atoms. The minimum absolute atomic E-state index is 0.0480. The Bertz CT molecular complexity index is 964. The summed E-state index contributed by atoms with van der Waals surface area (Å²) in [5, 5.41) is 2.65. The van der Waals surface area contributed by atoms with Crippen LogP contribution >= 0.6 is 34.7 Å². The number of nitrogens with one attached hydrogen (secondary N) is 1. The number of benzene rings is 1. The number of nitrogens with zero attached hydrogens (tertiary/aromatic N) is 2. The highest BCUT2D eigenvalue weighted by Crippen LogP contribution is 2.32. The lowest BCUT2D eigenvalue weighted by atomic mass is 10.3. The summed E-state index contributed by atoms with van der Waals surface area (Å²) in [6.45, 7) is 1.33. The molecular weight excluding hydrogens is 464 g/mol. The molecular formula is C17H18ClF2N3O3S3. The van der Waals surface area contributed by atoms with Crippen LogP contribution in [-0.4, -0.2) is 62.0 Å². The Balaban J connectivity index is 1.54. The van der Waals surface area contributed by atoms with E-state index in [1.165, 1.54) is 16.4 Å². The van der Waals surface area contributed by atoms with Crippen molar-refractivity contribution < 1.29 is 22.0 Å². The van der Waals surface area contributed by atoms with Crippen LogP contribution in [0, 0.1) is 0 Å². The number of hydrogen-bond donors (Lipinski definition) is 1. The number of piperazine rings is 1. The minimum Gasteiger partial charge on any atom is -0.324 e. The fraction of sp³-hybridized carbons (Fsp3) is 0.353. The van der Waals surface area contributed by atoms with Gasteiger partial charge in [-0.05, 0) is 24.3 Å². The van der Waals surface area contributed by atoms with E-state index in [0.717, 1.165) is 11.3 Å².